The second kappa shape index (κ2) is 5.48. The molecule has 0 spiro atoms. The molecular weight excluding hydrogens is 238 g/mol. The fraction of sp³-hybridized carbons (Fsp3) is 1.00. The quantitative estimate of drug-likeness (QED) is 0.545. The number of hydrogen-bond acceptors (Lipinski definition) is 3. The van der Waals surface area contributed by atoms with Crippen molar-refractivity contribution in [1.82, 2.24) is 4.72 Å². The van der Waals surface area contributed by atoms with E-state index < -0.39 is 10.0 Å². The first-order valence-corrected chi connectivity index (χ1v) is 7.27. The van der Waals surface area contributed by atoms with Gasteiger partial charge < -0.3 is 4.74 Å². The Kier molecular flexibility index (Phi) is 4.83. The molecule has 0 aromatic rings. The lowest BCUT2D eigenvalue weighted by molar-refractivity contribution is -0.0965. The Morgan fingerprint density at radius 3 is 2.53 bits per heavy atom. The second-order valence-electron chi connectivity index (χ2n) is 4.34. The van der Waals surface area contributed by atoms with Crippen LogP contribution in [0.3, 0.4) is 0 Å². The average Bonchev–Trinajstić information content (AvgIpc) is 2.12. The van der Waals surface area contributed by atoms with Crippen LogP contribution in [0.1, 0.15) is 19.8 Å². The zero-order valence-corrected chi connectivity index (χ0v) is 10.5. The lowest BCUT2D eigenvalue weighted by Crippen LogP contribution is -2.48. The Morgan fingerprint density at radius 2 is 2.07 bits per heavy atom. The Balaban J connectivity index is 2.23. The van der Waals surface area contributed by atoms with Gasteiger partial charge in [0.25, 0.3) is 0 Å². The van der Waals surface area contributed by atoms with Crippen LogP contribution in [0.4, 0.5) is 0 Å². The first-order chi connectivity index (χ1) is 6.97. The Morgan fingerprint density at radius 1 is 1.40 bits per heavy atom. The minimum absolute atomic E-state index is 0.0143. The number of unbranched alkanes of at least 4 members (excludes halogenated alkanes) is 1. The summed E-state index contributed by atoms with van der Waals surface area (Å²) in [5.41, 5.74) is -0.0143. The molecule has 1 heterocycles. The van der Waals surface area contributed by atoms with Gasteiger partial charge in [-0.15, -0.1) is 11.6 Å². The second-order valence-corrected chi connectivity index (χ2v) is 6.64. The van der Waals surface area contributed by atoms with E-state index in [0.717, 1.165) is 6.42 Å². The van der Waals surface area contributed by atoms with E-state index >= 15 is 0 Å². The maximum absolute atomic E-state index is 11.5. The Labute approximate surface area is 96.4 Å². The normalized spacial score (nSPS) is 19.9. The van der Waals surface area contributed by atoms with Crippen LogP contribution in [0.2, 0.25) is 0 Å². The van der Waals surface area contributed by atoms with E-state index in [0.29, 0.717) is 32.1 Å². The summed E-state index contributed by atoms with van der Waals surface area (Å²) in [5.74, 6) is 0.678. The van der Waals surface area contributed by atoms with Crippen LogP contribution in [0.5, 0.6) is 0 Å². The summed E-state index contributed by atoms with van der Waals surface area (Å²) in [6.07, 6.45) is 1.36. The van der Waals surface area contributed by atoms with E-state index in [1.807, 2.05) is 6.92 Å². The predicted molar refractivity (Wildman–Crippen MR) is 60.7 cm³/mol. The van der Waals surface area contributed by atoms with Gasteiger partial charge in [0.05, 0.1) is 19.0 Å². The van der Waals surface area contributed by atoms with E-state index in [4.69, 9.17) is 16.3 Å². The third-order valence-corrected chi connectivity index (χ3v) is 4.09. The highest BCUT2D eigenvalue weighted by atomic mass is 35.5. The van der Waals surface area contributed by atoms with E-state index in [-0.39, 0.29) is 11.2 Å². The van der Waals surface area contributed by atoms with E-state index in [2.05, 4.69) is 4.72 Å². The third-order valence-electron chi connectivity index (χ3n) is 2.42. The molecule has 1 N–H and O–H groups in total. The molecule has 0 aliphatic carbocycles. The average molecular weight is 256 g/mol. The first-order valence-electron chi connectivity index (χ1n) is 5.08. The predicted octanol–water partition coefficient (Wildman–Crippen LogP) is 0.961. The maximum atomic E-state index is 11.5. The maximum Gasteiger partial charge on any atom is 0.211 e. The van der Waals surface area contributed by atoms with Gasteiger partial charge in [-0.2, -0.15) is 0 Å². The molecule has 0 amide bonds. The molecule has 4 nitrogen and oxygen atoms in total. The number of halogens is 1. The van der Waals surface area contributed by atoms with E-state index in [9.17, 15) is 8.42 Å². The van der Waals surface area contributed by atoms with Gasteiger partial charge >= 0.3 is 0 Å². The standard InChI is InChI=1S/C9H18ClNO3S/c1-9(7-14-8-9)6-11-15(12,13)5-3-2-4-10/h11H,2-8H2,1H3. The molecule has 15 heavy (non-hydrogen) atoms. The molecule has 0 atom stereocenters. The highest BCUT2D eigenvalue weighted by molar-refractivity contribution is 7.89. The minimum atomic E-state index is -3.13. The van der Waals surface area contributed by atoms with Crippen LogP contribution in [-0.2, 0) is 14.8 Å². The van der Waals surface area contributed by atoms with Crippen molar-refractivity contribution in [3.8, 4) is 0 Å². The summed E-state index contributed by atoms with van der Waals surface area (Å²) in [5, 5.41) is 0. The Bertz CT molecular complexity index is 288. The molecule has 6 heteroatoms. The minimum Gasteiger partial charge on any atom is -0.380 e. The highest BCUT2D eigenvalue weighted by Gasteiger charge is 2.34. The molecule has 0 aromatic heterocycles. The van der Waals surface area contributed by atoms with Gasteiger partial charge in [0.15, 0.2) is 0 Å². The van der Waals surface area contributed by atoms with Gasteiger partial charge in [-0.1, -0.05) is 6.92 Å². The number of nitrogens with one attached hydrogen (secondary N) is 1. The van der Waals surface area contributed by atoms with Crippen molar-refractivity contribution in [2.45, 2.75) is 19.8 Å². The summed E-state index contributed by atoms with van der Waals surface area (Å²) in [4.78, 5) is 0. The van der Waals surface area contributed by atoms with Crippen LogP contribution in [0, 0.1) is 5.41 Å². The molecule has 0 radical (unpaired) electrons. The molecule has 90 valence electrons. The Hall–Kier alpha value is 0.160. The molecule has 1 aliphatic heterocycles. The third kappa shape index (κ3) is 4.68. The van der Waals surface area contributed by atoms with Crippen LogP contribution in [0.25, 0.3) is 0 Å². The number of hydrogen-bond donors (Lipinski definition) is 1. The fourth-order valence-corrected chi connectivity index (χ4v) is 2.78. The largest absolute Gasteiger partial charge is 0.380 e. The molecular formula is C9H18ClNO3S. The summed E-state index contributed by atoms with van der Waals surface area (Å²) in [7, 11) is -3.13. The topological polar surface area (TPSA) is 55.4 Å². The van der Waals surface area contributed by atoms with Gasteiger partial charge in [0, 0.05) is 17.8 Å². The van der Waals surface area contributed by atoms with Crippen LogP contribution < -0.4 is 4.72 Å². The molecule has 0 saturated carbocycles. The molecule has 1 aliphatic rings. The molecule has 0 aromatic carbocycles. The van der Waals surface area contributed by atoms with Crippen molar-refractivity contribution in [2.24, 2.45) is 5.41 Å². The summed E-state index contributed by atoms with van der Waals surface area (Å²) in [6, 6.07) is 0. The van der Waals surface area contributed by atoms with E-state index in [1.54, 1.807) is 0 Å². The molecule has 0 bridgehead atoms. The number of ether oxygens (including phenoxy) is 1. The van der Waals surface area contributed by atoms with Gasteiger partial charge in [-0.3, -0.25) is 0 Å². The van der Waals surface area contributed by atoms with Gasteiger partial charge in [0.1, 0.15) is 0 Å². The lowest BCUT2D eigenvalue weighted by atomic mass is 9.89. The van der Waals surface area contributed by atoms with Crippen molar-refractivity contribution >= 4 is 21.6 Å². The fourth-order valence-electron chi connectivity index (χ4n) is 1.30. The summed E-state index contributed by atoms with van der Waals surface area (Å²) < 4.78 is 30.7. The lowest BCUT2D eigenvalue weighted by Gasteiger charge is -2.37. The van der Waals surface area contributed by atoms with Crippen molar-refractivity contribution < 1.29 is 13.2 Å². The molecule has 1 rings (SSSR count). The summed E-state index contributed by atoms with van der Waals surface area (Å²) in [6.45, 7) is 3.75. The smallest absolute Gasteiger partial charge is 0.211 e. The van der Waals surface area contributed by atoms with Crippen molar-refractivity contribution in [3.63, 3.8) is 0 Å². The first kappa shape index (κ1) is 13.2. The zero-order valence-electron chi connectivity index (χ0n) is 8.96. The van der Waals surface area contributed by atoms with Crippen molar-refractivity contribution in [2.75, 3.05) is 31.4 Å². The zero-order chi connectivity index (χ0) is 11.4. The molecule has 1 fully saturated rings. The highest BCUT2D eigenvalue weighted by Crippen LogP contribution is 2.25. The number of rotatable bonds is 7. The van der Waals surface area contributed by atoms with Gasteiger partial charge in [-0.05, 0) is 12.8 Å². The van der Waals surface area contributed by atoms with Crippen LogP contribution >= 0.6 is 11.6 Å². The molecule has 1 saturated heterocycles. The van der Waals surface area contributed by atoms with Gasteiger partial charge in [0.2, 0.25) is 10.0 Å². The molecule has 0 unspecified atom stereocenters. The number of alkyl halides is 1. The van der Waals surface area contributed by atoms with Crippen molar-refractivity contribution in [3.05, 3.63) is 0 Å². The van der Waals surface area contributed by atoms with Crippen molar-refractivity contribution in [1.29, 1.82) is 0 Å². The summed E-state index contributed by atoms with van der Waals surface area (Å²) >= 11 is 5.48. The SMILES string of the molecule is CC1(CNS(=O)(=O)CCCCCl)COC1. The number of sulfonamides is 1. The van der Waals surface area contributed by atoms with Crippen LogP contribution in [0.15, 0.2) is 0 Å². The monoisotopic (exact) mass is 255 g/mol. The van der Waals surface area contributed by atoms with Gasteiger partial charge in [-0.25, -0.2) is 13.1 Å². The van der Waals surface area contributed by atoms with Crippen LogP contribution in [-0.4, -0.2) is 39.8 Å². The van der Waals surface area contributed by atoms with E-state index in [1.165, 1.54) is 0 Å².